The summed E-state index contributed by atoms with van der Waals surface area (Å²) in [6, 6.07) is 12.7. The van der Waals surface area contributed by atoms with Crippen molar-refractivity contribution in [3.05, 3.63) is 64.1 Å². The standard InChI is InChI=1S/C24H26N4O6/c1-14-21(24(30)28(27(14)2)16-9-7-6-8-10-16)25-23(29)20-13-17(26-34-20)15-11-18(31-3)22(33-5)19(12-15)32-4/h6-12,20H,13H2,1-5H3,(H,25,29)/t20-/m1/s1. The normalized spacial score (nSPS) is 14.9. The van der Waals surface area contributed by atoms with Crippen LogP contribution in [0.5, 0.6) is 17.2 Å². The van der Waals surface area contributed by atoms with E-state index in [4.69, 9.17) is 19.0 Å². The number of para-hydroxylation sites is 1. The van der Waals surface area contributed by atoms with Crippen LogP contribution in [0.3, 0.4) is 0 Å². The largest absolute Gasteiger partial charge is 0.493 e. The number of amides is 1. The lowest BCUT2D eigenvalue weighted by atomic mass is 10.0. The molecular weight excluding hydrogens is 440 g/mol. The zero-order valence-corrected chi connectivity index (χ0v) is 19.6. The number of nitrogens with zero attached hydrogens (tertiary/aromatic N) is 3. The number of hydrogen-bond acceptors (Lipinski definition) is 7. The Kier molecular flexibility index (Phi) is 6.31. The van der Waals surface area contributed by atoms with E-state index in [2.05, 4.69) is 10.5 Å². The van der Waals surface area contributed by atoms with Crippen molar-refractivity contribution in [2.45, 2.75) is 19.4 Å². The summed E-state index contributed by atoms with van der Waals surface area (Å²) in [5.74, 6) is 0.927. The van der Waals surface area contributed by atoms with Crippen molar-refractivity contribution in [2.75, 3.05) is 26.6 Å². The van der Waals surface area contributed by atoms with Gasteiger partial charge < -0.3 is 24.4 Å². The van der Waals surface area contributed by atoms with Gasteiger partial charge in [0.2, 0.25) is 11.9 Å². The summed E-state index contributed by atoms with van der Waals surface area (Å²) >= 11 is 0. The van der Waals surface area contributed by atoms with E-state index < -0.39 is 12.0 Å². The molecule has 4 rings (SSSR count). The predicted octanol–water partition coefficient (Wildman–Crippen LogP) is 2.64. The molecule has 1 aliphatic rings. The number of carbonyl (C=O) groups excluding carboxylic acids is 1. The fourth-order valence-corrected chi connectivity index (χ4v) is 3.85. The molecule has 1 aliphatic heterocycles. The van der Waals surface area contributed by atoms with Crippen LogP contribution in [-0.2, 0) is 16.7 Å². The zero-order chi connectivity index (χ0) is 24.4. The zero-order valence-electron chi connectivity index (χ0n) is 19.6. The average Bonchev–Trinajstić information content (AvgIpc) is 3.43. The van der Waals surface area contributed by atoms with Gasteiger partial charge in [-0.25, -0.2) is 4.68 Å². The van der Waals surface area contributed by atoms with E-state index >= 15 is 0 Å². The van der Waals surface area contributed by atoms with Gasteiger partial charge in [0.25, 0.3) is 11.5 Å². The summed E-state index contributed by atoms with van der Waals surface area (Å²) < 4.78 is 19.3. The van der Waals surface area contributed by atoms with Gasteiger partial charge in [-0.3, -0.25) is 14.3 Å². The van der Waals surface area contributed by atoms with Gasteiger partial charge in [0, 0.05) is 19.0 Å². The van der Waals surface area contributed by atoms with Gasteiger partial charge in [-0.15, -0.1) is 0 Å². The highest BCUT2D eigenvalue weighted by Crippen LogP contribution is 2.39. The second-order valence-corrected chi connectivity index (χ2v) is 7.68. The third-order valence-corrected chi connectivity index (χ3v) is 5.76. The molecule has 0 fully saturated rings. The van der Waals surface area contributed by atoms with Crippen LogP contribution in [0.15, 0.2) is 52.4 Å². The molecule has 0 radical (unpaired) electrons. The molecule has 10 nitrogen and oxygen atoms in total. The van der Waals surface area contributed by atoms with E-state index in [1.165, 1.54) is 26.0 Å². The number of nitrogens with one attached hydrogen (secondary N) is 1. The monoisotopic (exact) mass is 466 g/mol. The first-order chi connectivity index (χ1) is 16.4. The van der Waals surface area contributed by atoms with E-state index in [1.54, 1.807) is 30.8 Å². The molecule has 1 aromatic heterocycles. The van der Waals surface area contributed by atoms with Crippen molar-refractivity contribution >= 4 is 17.3 Å². The molecule has 1 amide bonds. The lowest BCUT2D eigenvalue weighted by Gasteiger charge is -2.13. The smallest absolute Gasteiger partial charge is 0.295 e. The molecule has 2 heterocycles. The molecule has 0 bridgehead atoms. The minimum atomic E-state index is -0.890. The third kappa shape index (κ3) is 3.98. The van der Waals surface area contributed by atoms with Gasteiger partial charge >= 0.3 is 0 Å². The van der Waals surface area contributed by atoms with Crippen LogP contribution in [0.25, 0.3) is 5.69 Å². The Labute approximate surface area is 196 Å². The summed E-state index contributed by atoms with van der Waals surface area (Å²) in [4.78, 5) is 31.4. The minimum Gasteiger partial charge on any atom is -0.493 e. The Morgan fingerprint density at radius 2 is 1.74 bits per heavy atom. The van der Waals surface area contributed by atoms with Crippen molar-refractivity contribution in [1.82, 2.24) is 9.36 Å². The molecule has 1 atom stereocenters. The maximum absolute atomic E-state index is 13.1. The lowest BCUT2D eigenvalue weighted by molar-refractivity contribution is -0.125. The van der Waals surface area contributed by atoms with Gasteiger partial charge in [-0.05, 0) is 31.2 Å². The highest BCUT2D eigenvalue weighted by molar-refractivity contribution is 6.06. The first-order valence-electron chi connectivity index (χ1n) is 10.6. The summed E-state index contributed by atoms with van der Waals surface area (Å²) in [7, 11) is 6.33. The second-order valence-electron chi connectivity index (χ2n) is 7.68. The quantitative estimate of drug-likeness (QED) is 0.574. The van der Waals surface area contributed by atoms with Crippen LogP contribution < -0.4 is 25.1 Å². The number of oxime groups is 1. The van der Waals surface area contributed by atoms with Crippen molar-refractivity contribution in [2.24, 2.45) is 12.2 Å². The molecule has 0 saturated heterocycles. The second kappa shape index (κ2) is 9.34. The van der Waals surface area contributed by atoms with Gasteiger partial charge in [0.05, 0.1) is 38.4 Å². The van der Waals surface area contributed by atoms with Gasteiger partial charge in [0.15, 0.2) is 11.5 Å². The number of anilines is 1. The van der Waals surface area contributed by atoms with E-state index in [0.29, 0.717) is 39.9 Å². The van der Waals surface area contributed by atoms with E-state index in [0.717, 1.165) is 0 Å². The number of hydrogen-bond donors (Lipinski definition) is 1. The molecule has 1 N–H and O–H groups in total. The first-order valence-corrected chi connectivity index (χ1v) is 10.6. The Morgan fingerprint density at radius 3 is 2.32 bits per heavy atom. The molecule has 0 spiro atoms. The van der Waals surface area contributed by atoms with Crippen molar-refractivity contribution in [3.63, 3.8) is 0 Å². The third-order valence-electron chi connectivity index (χ3n) is 5.76. The number of carbonyl (C=O) groups is 1. The average molecular weight is 466 g/mol. The van der Waals surface area contributed by atoms with Crippen molar-refractivity contribution in [1.29, 1.82) is 0 Å². The molecule has 178 valence electrons. The van der Waals surface area contributed by atoms with Crippen LogP contribution >= 0.6 is 0 Å². The molecule has 34 heavy (non-hydrogen) atoms. The molecule has 0 unspecified atom stereocenters. The number of methoxy groups -OCH3 is 3. The number of ether oxygens (including phenoxy) is 3. The molecular formula is C24H26N4O6. The number of rotatable bonds is 7. The lowest BCUT2D eigenvalue weighted by Crippen LogP contribution is -2.30. The SMILES string of the molecule is COc1cc(C2=NO[C@@H](C(=O)Nc3c(C)n(C)n(-c4ccccc4)c3=O)C2)cc(OC)c1OC. The van der Waals surface area contributed by atoms with Crippen molar-refractivity contribution in [3.8, 4) is 22.9 Å². The molecule has 0 saturated carbocycles. The molecule has 10 heteroatoms. The predicted molar refractivity (Wildman–Crippen MR) is 127 cm³/mol. The first kappa shape index (κ1) is 23.0. The molecule has 3 aromatic rings. The number of benzene rings is 2. The Morgan fingerprint density at radius 1 is 1.09 bits per heavy atom. The van der Waals surface area contributed by atoms with E-state index in [1.807, 2.05) is 30.3 Å². The van der Waals surface area contributed by atoms with Gasteiger partial charge in [-0.2, -0.15) is 0 Å². The minimum absolute atomic E-state index is 0.196. The van der Waals surface area contributed by atoms with E-state index in [9.17, 15) is 9.59 Å². The van der Waals surface area contributed by atoms with Crippen LogP contribution in [0, 0.1) is 6.92 Å². The van der Waals surface area contributed by atoms with Crippen LogP contribution in [0.2, 0.25) is 0 Å². The Balaban J connectivity index is 1.54. The fraction of sp³-hybridized carbons (Fsp3) is 0.292. The highest BCUT2D eigenvalue weighted by Gasteiger charge is 2.31. The number of aromatic nitrogens is 2. The van der Waals surface area contributed by atoms with Crippen LogP contribution in [0.4, 0.5) is 5.69 Å². The highest BCUT2D eigenvalue weighted by atomic mass is 16.6. The van der Waals surface area contributed by atoms with Crippen LogP contribution in [0.1, 0.15) is 17.7 Å². The topological polar surface area (TPSA) is 105 Å². The summed E-state index contributed by atoms with van der Waals surface area (Å²) in [5.41, 5.74) is 2.40. The summed E-state index contributed by atoms with van der Waals surface area (Å²) in [6.45, 7) is 1.77. The Hall–Kier alpha value is -4.21. The maximum atomic E-state index is 13.1. The summed E-state index contributed by atoms with van der Waals surface area (Å²) in [5, 5.41) is 6.81. The molecule has 0 aliphatic carbocycles. The van der Waals surface area contributed by atoms with Gasteiger partial charge in [0.1, 0.15) is 5.69 Å². The van der Waals surface area contributed by atoms with E-state index in [-0.39, 0.29) is 17.7 Å². The van der Waals surface area contributed by atoms with Crippen molar-refractivity contribution < 1.29 is 23.8 Å². The van der Waals surface area contributed by atoms with Gasteiger partial charge in [-0.1, -0.05) is 23.4 Å². The summed E-state index contributed by atoms with van der Waals surface area (Å²) in [6.07, 6.45) is -0.679. The molecule has 2 aromatic carbocycles. The van der Waals surface area contributed by atoms with Crippen LogP contribution in [-0.4, -0.2) is 48.4 Å². The fourth-order valence-electron chi connectivity index (χ4n) is 3.85. The Bertz CT molecular complexity index is 1280. The maximum Gasteiger partial charge on any atom is 0.295 e.